The van der Waals surface area contributed by atoms with Gasteiger partial charge in [-0.15, -0.1) is 0 Å². The average molecular weight is 342 g/mol. The van der Waals surface area contributed by atoms with Crippen LogP contribution in [0.2, 0.25) is 0 Å². The Morgan fingerprint density at radius 3 is 2.33 bits per heavy atom. The van der Waals surface area contributed by atoms with E-state index in [2.05, 4.69) is 10.8 Å². The number of nitrogens with zero attached hydrogens (tertiary/aromatic N) is 1. The number of methoxy groups -OCH3 is 1. The zero-order chi connectivity index (χ0) is 17.4. The SMILES string of the molecule is COc1ccc(S(=O)(=O)Nc2ccc(C3(C#N)CC3)cc2)cc1C. The lowest BCUT2D eigenvalue weighted by Crippen LogP contribution is -2.13. The van der Waals surface area contributed by atoms with Crippen molar-refractivity contribution in [2.75, 3.05) is 11.8 Å². The number of sulfonamides is 1. The third-order valence-electron chi connectivity index (χ3n) is 4.33. The van der Waals surface area contributed by atoms with Crippen molar-refractivity contribution in [3.63, 3.8) is 0 Å². The molecule has 24 heavy (non-hydrogen) atoms. The fourth-order valence-electron chi connectivity index (χ4n) is 2.68. The smallest absolute Gasteiger partial charge is 0.261 e. The largest absolute Gasteiger partial charge is 0.496 e. The first-order valence-electron chi connectivity index (χ1n) is 7.59. The Balaban J connectivity index is 1.82. The standard InChI is InChI=1S/C18H18N2O3S/c1-13-11-16(7-8-17(13)23-2)24(21,22)20-15-5-3-14(4-6-15)18(12-19)9-10-18/h3-8,11,20H,9-10H2,1-2H3. The topological polar surface area (TPSA) is 79.2 Å². The molecule has 0 saturated heterocycles. The first kappa shape index (κ1) is 16.3. The highest BCUT2D eigenvalue weighted by Gasteiger charge is 2.44. The summed E-state index contributed by atoms with van der Waals surface area (Å²) in [5.41, 5.74) is 1.79. The Bertz CT molecular complexity index is 908. The van der Waals surface area contributed by atoms with Gasteiger partial charge in [-0.05, 0) is 61.2 Å². The Morgan fingerprint density at radius 1 is 1.17 bits per heavy atom. The van der Waals surface area contributed by atoms with Gasteiger partial charge < -0.3 is 4.74 Å². The Hall–Kier alpha value is -2.52. The fourth-order valence-corrected chi connectivity index (χ4v) is 3.82. The van der Waals surface area contributed by atoms with Crippen molar-refractivity contribution < 1.29 is 13.2 Å². The number of hydrogen-bond acceptors (Lipinski definition) is 4. The van der Waals surface area contributed by atoms with Crippen molar-refractivity contribution in [1.82, 2.24) is 0 Å². The molecule has 2 aromatic carbocycles. The van der Waals surface area contributed by atoms with Crippen LogP contribution in [-0.2, 0) is 15.4 Å². The van der Waals surface area contributed by atoms with Crippen LogP contribution >= 0.6 is 0 Å². The van der Waals surface area contributed by atoms with E-state index in [-0.39, 0.29) is 10.3 Å². The summed E-state index contributed by atoms with van der Waals surface area (Å²) in [6.45, 7) is 1.80. The van der Waals surface area contributed by atoms with Gasteiger partial charge in [-0.2, -0.15) is 5.26 Å². The van der Waals surface area contributed by atoms with Crippen molar-refractivity contribution in [2.45, 2.75) is 30.1 Å². The van der Waals surface area contributed by atoms with Crippen LogP contribution in [0.1, 0.15) is 24.0 Å². The molecule has 0 bridgehead atoms. The van der Waals surface area contributed by atoms with E-state index in [9.17, 15) is 13.7 Å². The molecule has 1 aliphatic carbocycles. The van der Waals surface area contributed by atoms with Crippen LogP contribution in [0.3, 0.4) is 0 Å². The lowest BCUT2D eigenvalue weighted by atomic mass is 9.98. The zero-order valence-corrected chi connectivity index (χ0v) is 14.4. The molecular weight excluding hydrogens is 324 g/mol. The Kier molecular flexibility index (Phi) is 3.98. The van der Waals surface area contributed by atoms with Gasteiger partial charge in [0.2, 0.25) is 0 Å². The first-order valence-corrected chi connectivity index (χ1v) is 9.08. The summed E-state index contributed by atoms with van der Waals surface area (Å²) in [7, 11) is -2.12. The van der Waals surface area contributed by atoms with E-state index in [4.69, 9.17) is 4.74 Å². The zero-order valence-electron chi connectivity index (χ0n) is 13.5. The molecule has 0 aromatic heterocycles. The van der Waals surface area contributed by atoms with Crippen LogP contribution in [0.5, 0.6) is 5.75 Å². The normalized spacial score (nSPS) is 15.4. The fraction of sp³-hybridized carbons (Fsp3) is 0.278. The molecule has 0 aliphatic heterocycles. The number of ether oxygens (including phenoxy) is 1. The highest BCUT2D eigenvalue weighted by Crippen LogP contribution is 2.47. The minimum atomic E-state index is -3.67. The van der Waals surface area contributed by atoms with E-state index in [0.29, 0.717) is 11.4 Å². The van der Waals surface area contributed by atoms with Crippen LogP contribution in [0.15, 0.2) is 47.4 Å². The Labute approximate surface area is 141 Å². The number of rotatable bonds is 5. The quantitative estimate of drug-likeness (QED) is 0.903. The van der Waals surface area contributed by atoms with E-state index >= 15 is 0 Å². The van der Waals surface area contributed by atoms with E-state index in [0.717, 1.165) is 24.0 Å². The first-order chi connectivity index (χ1) is 11.4. The van der Waals surface area contributed by atoms with Gasteiger partial charge in [0.25, 0.3) is 10.0 Å². The van der Waals surface area contributed by atoms with Gasteiger partial charge in [-0.25, -0.2) is 8.42 Å². The molecule has 0 unspecified atom stereocenters. The summed E-state index contributed by atoms with van der Waals surface area (Å²) in [6.07, 6.45) is 1.72. The lowest BCUT2D eigenvalue weighted by molar-refractivity contribution is 0.411. The molecular formula is C18H18N2O3S. The summed E-state index contributed by atoms with van der Waals surface area (Å²) in [4.78, 5) is 0.181. The molecule has 1 fully saturated rings. The minimum absolute atomic E-state index is 0.181. The molecule has 124 valence electrons. The van der Waals surface area contributed by atoms with E-state index in [1.807, 2.05) is 12.1 Å². The lowest BCUT2D eigenvalue weighted by Gasteiger charge is -2.12. The van der Waals surface area contributed by atoms with Crippen LogP contribution in [0.25, 0.3) is 0 Å². The summed E-state index contributed by atoms with van der Waals surface area (Å²) in [6, 6.07) is 14.1. The second-order valence-corrected chi connectivity index (χ2v) is 7.69. The highest BCUT2D eigenvalue weighted by molar-refractivity contribution is 7.92. The Morgan fingerprint density at radius 2 is 1.83 bits per heavy atom. The predicted octanol–water partition coefficient (Wildman–Crippen LogP) is 3.36. The van der Waals surface area contributed by atoms with E-state index in [1.54, 1.807) is 38.3 Å². The summed E-state index contributed by atoms with van der Waals surface area (Å²) < 4.78 is 32.7. The average Bonchev–Trinajstić information content (AvgIpc) is 3.36. The molecule has 1 saturated carbocycles. The van der Waals surface area contributed by atoms with Crippen LogP contribution in [0.4, 0.5) is 5.69 Å². The highest BCUT2D eigenvalue weighted by atomic mass is 32.2. The van der Waals surface area contributed by atoms with Crippen molar-refractivity contribution in [3.05, 3.63) is 53.6 Å². The van der Waals surface area contributed by atoms with E-state index in [1.165, 1.54) is 6.07 Å². The predicted molar refractivity (Wildman–Crippen MR) is 91.5 cm³/mol. The van der Waals surface area contributed by atoms with Gasteiger partial charge in [-0.1, -0.05) is 12.1 Å². The summed E-state index contributed by atoms with van der Waals surface area (Å²) >= 11 is 0. The van der Waals surface area contributed by atoms with Gasteiger partial charge in [0.05, 0.1) is 23.5 Å². The number of nitrogens with one attached hydrogen (secondary N) is 1. The molecule has 6 heteroatoms. The number of anilines is 1. The number of hydrogen-bond donors (Lipinski definition) is 1. The van der Waals surface area contributed by atoms with Crippen molar-refractivity contribution >= 4 is 15.7 Å². The molecule has 0 amide bonds. The molecule has 1 N–H and O–H groups in total. The molecule has 3 rings (SSSR count). The molecule has 2 aromatic rings. The maximum Gasteiger partial charge on any atom is 0.261 e. The second-order valence-electron chi connectivity index (χ2n) is 6.01. The molecule has 0 heterocycles. The van der Waals surface area contributed by atoms with Gasteiger partial charge in [0.15, 0.2) is 0 Å². The van der Waals surface area contributed by atoms with Gasteiger partial charge in [0, 0.05) is 5.69 Å². The van der Waals surface area contributed by atoms with Gasteiger partial charge >= 0.3 is 0 Å². The second kappa shape index (κ2) is 5.84. The maximum absolute atomic E-state index is 12.5. The van der Waals surface area contributed by atoms with Crippen molar-refractivity contribution in [2.24, 2.45) is 0 Å². The van der Waals surface area contributed by atoms with Crippen molar-refractivity contribution in [3.8, 4) is 11.8 Å². The van der Waals surface area contributed by atoms with E-state index < -0.39 is 10.0 Å². The number of benzene rings is 2. The van der Waals surface area contributed by atoms with Crippen molar-refractivity contribution in [1.29, 1.82) is 5.26 Å². The molecule has 0 atom stereocenters. The van der Waals surface area contributed by atoms with Crippen LogP contribution < -0.4 is 9.46 Å². The summed E-state index contributed by atoms with van der Waals surface area (Å²) in [5.74, 6) is 0.643. The maximum atomic E-state index is 12.5. The summed E-state index contributed by atoms with van der Waals surface area (Å²) in [5, 5.41) is 9.21. The number of nitriles is 1. The van der Waals surface area contributed by atoms with Crippen LogP contribution in [-0.4, -0.2) is 15.5 Å². The molecule has 5 nitrogen and oxygen atoms in total. The third-order valence-corrected chi connectivity index (χ3v) is 5.71. The van der Waals surface area contributed by atoms with Crippen LogP contribution in [0, 0.1) is 18.3 Å². The minimum Gasteiger partial charge on any atom is -0.496 e. The molecule has 1 aliphatic rings. The third kappa shape index (κ3) is 2.95. The monoisotopic (exact) mass is 342 g/mol. The van der Waals surface area contributed by atoms with Gasteiger partial charge in [-0.3, -0.25) is 4.72 Å². The molecule has 0 spiro atoms. The molecule has 0 radical (unpaired) electrons. The van der Waals surface area contributed by atoms with Gasteiger partial charge in [0.1, 0.15) is 5.75 Å². The number of aryl methyl sites for hydroxylation is 1.